The minimum absolute atomic E-state index is 0.234. The minimum Gasteiger partial charge on any atom is -0.482 e. The number of hydrogen-bond acceptors (Lipinski definition) is 5. The molecule has 0 unspecified atom stereocenters. The molecule has 0 bridgehead atoms. The van der Waals surface area contributed by atoms with Gasteiger partial charge in [-0.1, -0.05) is 17.7 Å². The van der Waals surface area contributed by atoms with Crippen molar-refractivity contribution in [2.45, 2.75) is 13.8 Å². The van der Waals surface area contributed by atoms with E-state index in [1.807, 2.05) is 19.1 Å². The molecule has 0 aliphatic rings. The quantitative estimate of drug-likeness (QED) is 0.718. The van der Waals surface area contributed by atoms with Gasteiger partial charge in [-0.25, -0.2) is 9.59 Å². The van der Waals surface area contributed by atoms with Crippen molar-refractivity contribution >= 4 is 11.9 Å². The molecule has 0 radical (unpaired) electrons. The summed E-state index contributed by atoms with van der Waals surface area (Å²) >= 11 is 0. The Hall–Kier alpha value is -2.04. The van der Waals surface area contributed by atoms with Crippen LogP contribution in [0.1, 0.15) is 12.5 Å². The molecule has 0 aromatic heterocycles. The first-order chi connectivity index (χ1) is 8.61. The zero-order valence-electron chi connectivity index (χ0n) is 10.5. The Morgan fingerprint density at radius 2 is 1.61 bits per heavy atom. The maximum Gasteiger partial charge on any atom is 0.344 e. The Kier molecular flexibility index (Phi) is 5.70. The second-order valence-electron chi connectivity index (χ2n) is 3.57. The molecule has 0 amide bonds. The molecular formula is C13H16O5. The van der Waals surface area contributed by atoms with Crippen molar-refractivity contribution in [3.63, 3.8) is 0 Å². The molecule has 0 saturated carbocycles. The van der Waals surface area contributed by atoms with E-state index in [4.69, 9.17) is 4.74 Å². The third-order valence-electron chi connectivity index (χ3n) is 2.03. The SMILES string of the molecule is CCOC(=O)COC(=O)COc1ccc(C)cc1. The van der Waals surface area contributed by atoms with Crippen LogP contribution >= 0.6 is 0 Å². The zero-order valence-corrected chi connectivity index (χ0v) is 10.5. The Bertz CT molecular complexity index is 396. The van der Waals surface area contributed by atoms with E-state index in [0.717, 1.165) is 5.56 Å². The second kappa shape index (κ2) is 7.32. The maximum absolute atomic E-state index is 11.2. The summed E-state index contributed by atoms with van der Waals surface area (Å²) in [4.78, 5) is 22.2. The fourth-order valence-electron chi connectivity index (χ4n) is 1.16. The van der Waals surface area contributed by atoms with E-state index in [-0.39, 0.29) is 19.8 Å². The molecule has 98 valence electrons. The third kappa shape index (κ3) is 5.34. The average Bonchev–Trinajstić information content (AvgIpc) is 2.36. The van der Waals surface area contributed by atoms with Gasteiger partial charge in [-0.05, 0) is 26.0 Å². The number of ether oxygens (including phenoxy) is 3. The Morgan fingerprint density at radius 1 is 1.00 bits per heavy atom. The molecule has 0 fully saturated rings. The normalized spacial score (nSPS) is 9.67. The number of esters is 2. The molecule has 1 aromatic rings. The van der Waals surface area contributed by atoms with E-state index in [9.17, 15) is 9.59 Å². The Balaban J connectivity index is 2.24. The van der Waals surface area contributed by atoms with E-state index in [1.54, 1.807) is 19.1 Å². The van der Waals surface area contributed by atoms with Crippen molar-refractivity contribution < 1.29 is 23.8 Å². The van der Waals surface area contributed by atoms with Crippen LogP contribution in [-0.2, 0) is 19.1 Å². The molecule has 0 aliphatic heterocycles. The Morgan fingerprint density at radius 3 is 2.22 bits per heavy atom. The molecule has 0 atom stereocenters. The lowest BCUT2D eigenvalue weighted by Gasteiger charge is -2.06. The van der Waals surface area contributed by atoms with Gasteiger partial charge in [-0.2, -0.15) is 0 Å². The van der Waals surface area contributed by atoms with Crippen LogP contribution in [0.3, 0.4) is 0 Å². The van der Waals surface area contributed by atoms with Gasteiger partial charge in [0.2, 0.25) is 0 Å². The molecule has 5 heteroatoms. The minimum atomic E-state index is -0.608. The average molecular weight is 252 g/mol. The maximum atomic E-state index is 11.2. The first kappa shape index (κ1) is 14.0. The van der Waals surface area contributed by atoms with E-state index in [0.29, 0.717) is 5.75 Å². The summed E-state index contributed by atoms with van der Waals surface area (Å²) in [6.07, 6.45) is 0. The van der Waals surface area contributed by atoms with Gasteiger partial charge in [0.05, 0.1) is 6.61 Å². The lowest BCUT2D eigenvalue weighted by molar-refractivity contribution is -0.159. The van der Waals surface area contributed by atoms with Crippen LogP contribution in [0.15, 0.2) is 24.3 Å². The van der Waals surface area contributed by atoms with Crippen molar-refractivity contribution in [2.75, 3.05) is 19.8 Å². The van der Waals surface area contributed by atoms with Crippen LogP contribution in [0.4, 0.5) is 0 Å². The van der Waals surface area contributed by atoms with Crippen LogP contribution in [0.2, 0.25) is 0 Å². The molecule has 0 N–H and O–H groups in total. The molecular weight excluding hydrogens is 236 g/mol. The number of benzene rings is 1. The van der Waals surface area contributed by atoms with E-state index < -0.39 is 11.9 Å². The smallest absolute Gasteiger partial charge is 0.344 e. The first-order valence-electron chi connectivity index (χ1n) is 5.62. The van der Waals surface area contributed by atoms with Gasteiger partial charge in [-0.15, -0.1) is 0 Å². The highest BCUT2D eigenvalue weighted by Gasteiger charge is 2.08. The molecule has 0 saturated heterocycles. The van der Waals surface area contributed by atoms with Crippen LogP contribution < -0.4 is 4.74 Å². The highest BCUT2D eigenvalue weighted by atomic mass is 16.6. The Labute approximate surface area is 106 Å². The van der Waals surface area contributed by atoms with Crippen LogP contribution in [0.25, 0.3) is 0 Å². The van der Waals surface area contributed by atoms with Gasteiger partial charge < -0.3 is 14.2 Å². The number of carbonyl (C=O) groups excluding carboxylic acids is 2. The molecule has 0 spiro atoms. The third-order valence-corrected chi connectivity index (χ3v) is 2.03. The summed E-state index contributed by atoms with van der Waals surface area (Å²) in [5, 5.41) is 0. The van der Waals surface area contributed by atoms with Crippen LogP contribution in [-0.4, -0.2) is 31.8 Å². The van der Waals surface area contributed by atoms with Gasteiger partial charge in [0, 0.05) is 0 Å². The fraction of sp³-hybridized carbons (Fsp3) is 0.385. The molecule has 18 heavy (non-hydrogen) atoms. The topological polar surface area (TPSA) is 61.8 Å². The monoisotopic (exact) mass is 252 g/mol. The molecule has 0 heterocycles. The van der Waals surface area contributed by atoms with E-state index in [1.165, 1.54) is 0 Å². The number of rotatable bonds is 6. The van der Waals surface area contributed by atoms with Gasteiger partial charge in [-0.3, -0.25) is 0 Å². The predicted molar refractivity (Wildman–Crippen MR) is 64.3 cm³/mol. The highest BCUT2D eigenvalue weighted by Crippen LogP contribution is 2.11. The largest absolute Gasteiger partial charge is 0.482 e. The van der Waals surface area contributed by atoms with E-state index in [2.05, 4.69) is 9.47 Å². The lowest BCUT2D eigenvalue weighted by atomic mass is 10.2. The van der Waals surface area contributed by atoms with Gasteiger partial charge in [0.15, 0.2) is 13.2 Å². The fourth-order valence-corrected chi connectivity index (χ4v) is 1.16. The van der Waals surface area contributed by atoms with Crippen molar-refractivity contribution in [3.8, 4) is 5.75 Å². The lowest BCUT2D eigenvalue weighted by Crippen LogP contribution is -2.20. The van der Waals surface area contributed by atoms with Crippen LogP contribution in [0, 0.1) is 6.92 Å². The summed E-state index contributed by atoms with van der Waals surface area (Å²) in [5.41, 5.74) is 1.10. The summed E-state index contributed by atoms with van der Waals surface area (Å²) in [7, 11) is 0. The highest BCUT2D eigenvalue weighted by molar-refractivity contribution is 5.77. The molecule has 5 nitrogen and oxygen atoms in total. The van der Waals surface area contributed by atoms with Crippen LogP contribution in [0.5, 0.6) is 5.75 Å². The summed E-state index contributed by atoms with van der Waals surface area (Å²) in [6.45, 7) is 3.28. The van der Waals surface area contributed by atoms with Gasteiger partial charge in [0.25, 0.3) is 0 Å². The number of aryl methyl sites for hydroxylation is 1. The zero-order chi connectivity index (χ0) is 13.4. The standard InChI is InChI=1S/C13H16O5/c1-3-16-12(14)9-18-13(15)8-17-11-6-4-10(2)5-7-11/h4-7H,3,8-9H2,1-2H3. The number of hydrogen-bond donors (Lipinski definition) is 0. The predicted octanol–water partition coefficient (Wildman–Crippen LogP) is 1.48. The van der Waals surface area contributed by atoms with Crippen molar-refractivity contribution in [1.29, 1.82) is 0 Å². The molecule has 0 aliphatic carbocycles. The first-order valence-corrected chi connectivity index (χ1v) is 5.62. The van der Waals surface area contributed by atoms with Gasteiger partial charge >= 0.3 is 11.9 Å². The summed E-state index contributed by atoms with van der Waals surface area (Å²) in [6, 6.07) is 7.26. The molecule has 1 rings (SSSR count). The number of carbonyl (C=O) groups is 2. The van der Waals surface area contributed by atoms with E-state index >= 15 is 0 Å². The van der Waals surface area contributed by atoms with Crippen molar-refractivity contribution in [2.24, 2.45) is 0 Å². The summed E-state index contributed by atoms with van der Waals surface area (Å²) in [5.74, 6) is -0.599. The summed E-state index contributed by atoms with van der Waals surface area (Å²) < 4.78 is 14.5. The van der Waals surface area contributed by atoms with Crippen molar-refractivity contribution in [3.05, 3.63) is 29.8 Å². The van der Waals surface area contributed by atoms with Gasteiger partial charge in [0.1, 0.15) is 5.75 Å². The van der Waals surface area contributed by atoms with Crippen molar-refractivity contribution in [1.82, 2.24) is 0 Å². The molecule has 1 aromatic carbocycles. The second-order valence-corrected chi connectivity index (χ2v) is 3.57.